The summed E-state index contributed by atoms with van der Waals surface area (Å²) >= 11 is 17.3. The molecule has 0 radical (unpaired) electrons. The minimum absolute atomic E-state index is 1.14. The van der Waals surface area contributed by atoms with Crippen LogP contribution < -0.4 is 0 Å². The number of halogens is 3. The Labute approximate surface area is 68.4 Å². The molecule has 0 saturated heterocycles. The summed E-state index contributed by atoms with van der Waals surface area (Å²) in [6.07, 6.45) is 0. The summed E-state index contributed by atoms with van der Waals surface area (Å²) in [4.78, 5) is 0. The molecule has 1 nitrogen and oxygen atoms in total. The highest BCUT2D eigenvalue weighted by Gasteiger charge is 2.21. The van der Waals surface area contributed by atoms with Gasteiger partial charge in [0.25, 0.3) is 3.12 Å². The van der Waals surface area contributed by atoms with Gasteiger partial charge >= 0.3 is 0 Å². The van der Waals surface area contributed by atoms with Crippen LogP contribution in [0.1, 0.15) is 0 Å². The van der Waals surface area contributed by atoms with Gasteiger partial charge in [-0.2, -0.15) is 0 Å². The maximum absolute atomic E-state index is 5.38. The smallest absolute Gasteiger partial charge is 0.251 e. The van der Waals surface area contributed by atoms with Crippen LogP contribution >= 0.6 is 46.8 Å². The van der Waals surface area contributed by atoms with Crippen molar-refractivity contribution in [3.05, 3.63) is 0 Å². The molecule has 0 rings (SSSR count). The van der Waals surface area contributed by atoms with E-state index >= 15 is 0 Å². The zero-order chi connectivity index (χ0) is 6.78. The lowest BCUT2D eigenvalue weighted by Crippen LogP contribution is -2.07. The maximum Gasteiger partial charge on any atom is 0.251 e. The molecule has 0 N–H and O–H groups in total. The molecule has 0 aliphatic carbocycles. The van der Waals surface area contributed by atoms with Crippen molar-refractivity contribution in [3.8, 4) is 0 Å². The van der Waals surface area contributed by atoms with E-state index < -0.39 is 3.12 Å². The first-order valence-electron chi connectivity index (χ1n) is 1.85. The molecule has 0 amide bonds. The quantitative estimate of drug-likeness (QED) is 0.466. The summed E-state index contributed by atoms with van der Waals surface area (Å²) in [5, 5.41) is 0. The maximum atomic E-state index is 5.38. The molecule has 0 unspecified atom stereocenters. The fraction of sp³-hybridized carbons (Fsp3) is 1.00. The molecule has 0 aromatic carbocycles. The van der Waals surface area contributed by atoms with Gasteiger partial charge in [-0.05, 0) is 26.0 Å². The SMILES string of the molecule is CN(C)SC(Cl)(Cl)Cl. The second kappa shape index (κ2) is 3.37. The van der Waals surface area contributed by atoms with Crippen LogP contribution in [0.4, 0.5) is 0 Å². The average Bonchev–Trinajstić information content (AvgIpc) is 1.21. The van der Waals surface area contributed by atoms with Gasteiger partial charge in [-0.25, -0.2) is 0 Å². The van der Waals surface area contributed by atoms with Crippen LogP contribution in [0, 0.1) is 0 Å². The molecular weight excluding hydrogens is 188 g/mol. The summed E-state index contributed by atoms with van der Waals surface area (Å²) < 4.78 is 0.510. The van der Waals surface area contributed by atoms with Crippen LogP contribution in [0.3, 0.4) is 0 Å². The number of rotatable bonds is 1. The molecule has 0 aliphatic rings. The fourth-order valence-corrected chi connectivity index (χ4v) is 1.86. The van der Waals surface area contributed by atoms with Crippen molar-refractivity contribution in [1.82, 2.24) is 4.31 Å². The van der Waals surface area contributed by atoms with Crippen LogP contribution in [0.5, 0.6) is 0 Å². The van der Waals surface area contributed by atoms with Crippen molar-refractivity contribution in [1.29, 1.82) is 0 Å². The van der Waals surface area contributed by atoms with Gasteiger partial charge in [0, 0.05) is 0 Å². The van der Waals surface area contributed by atoms with E-state index in [0.29, 0.717) is 0 Å². The summed E-state index contributed by atoms with van der Waals surface area (Å²) in [6, 6.07) is 0. The van der Waals surface area contributed by atoms with Crippen molar-refractivity contribution in [2.75, 3.05) is 14.1 Å². The Morgan fingerprint density at radius 1 is 1.25 bits per heavy atom. The molecule has 8 heavy (non-hydrogen) atoms. The fourth-order valence-electron chi connectivity index (χ4n) is 0.207. The van der Waals surface area contributed by atoms with E-state index in [1.807, 2.05) is 14.1 Å². The molecular formula is C3H6Cl3NS. The molecule has 50 valence electrons. The molecule has 0 bridgehead atoms. The lowest BCUT2D eigenvalue weighted by Gasteiger charge is -2.14. The second-order valence-corrected chi connectivity index (χ2v) is 5.83. The standard InChI is InChI=1S/C3H6Cl3NS/c1-7(2)8-3(4,5)6/h1-2H3. The van der Waals surface area contributed by atoms with E-state index in [0.717, 1.165) is 11.9 Å². The van der Waals surface area contributed by atoms with Gasteiger partial charge in [-0.15, -0.1) is 0 Å². The van der Waals surface area contributed by atoms with Gasteiger partial charge in [0.15, 0.2) is 0 Å². The van der Waals surface area contributed by atoms with Gasteiger partial charge in [-0.1, -0.05) is 34.8 Å². The Balaban J connectivity index is 3.39. The lowest BCUT2D eigenvalue weighted by atomic mass is 11.3. The third kappa shape index (κ3) is 7.18. The van der Waals surface area contributed by atoms with E-state index in [9.17, 15) is 0 Å². The van der Waals surface area contributed by atoms with Crippen LogP contribution in [-0.2, 0) is 0 Å². The molecule has 5 heteroatoms. The molecule has 0 atom stereocenters. The van der Waals surface area contributed by atoms with E-state index in [4.69, 9.17) is 34.8 Å². The average molecular weight is 195 g/mol. The Hall–Kier alpha value is 1.18. The largest absolute Gasteiger partial charge is 0.253 e. The molecule has 0 fully saturated rings. The Bertz CT molecular complexity index is 69.4. The van der Waals surface area contributed by atoms with E-state index in [1.165, 1.54) is 0 Å². The van der Waals surface area contributed by atoms with Gasteiger partial charge in [0.2, 0.25) is 0 Å². The summed E-state index contributed by atoms with van der Waals surface area (Å²) in [5.41, 5.74) is 0. The normalized spacial score (nSPS) is 12.8. The second-order valence-electron chi connectivity index (χ2n) is 1.35. The topological polar surface area (TPSA) is 3.24 Å². The molecule has 0 spiro atoms. The van der Waals surface area contributed by atoms with E-state index in [-0.39, 0.29) is 0 Å². The Morgan fingerprint density at radius 2 is 1.62 bits per heavy atom. The van der Waals surface area contributed by atoms with Gasteiger partial charge < -0.3 is 0 Å². The van der Waals surface area contributed by atoms with Crippen LogP contribution in [0.15, 0.2) is 0 Å². The van der Waals surface area contributed by atoms with Crippen molar-refractivity contribution < 1.29 is 0 Å². The highest BCUT2D eigenvalue weighted by atomic mass is 35.6. The molecule has 0 heterocycles. The monoisotopic (exact) mass is 193 g/mol. The highest BCUT2D eigenvalue weighted by molar-refractivity contribution is 8.02. The Kier molecular flexibility index (Phi) is 3.87. The predicted molar refractivity (Wildman–Crippen MR) is 41.6 cm³/mol. The van der Waals surface area contributed by atoms with Gasteiger partial charge in [0.1, 0.15) is 0 Å². The van der Waals surface area contributed by atoms with Crippen LogP contribution in [-0.4, -0.2) is 21.5 Å². The van der Waals surface area contributed by atoms with Crippen LogP contribution in [0.25, 0.3) is 0 Å². The third-order valence-corrected chi connectivity index (χ3v) is 1.48. The van der Waals surface area contributed by atoms with Crippen LogP contribution in [0.2, 0.25) is 0 Å². The van der Waals surface area contributed by atoms with Crippen molar-refractivity contribution in [3.63, 3.8) is 0 Å². The molecule has 0 aliphatic heterocycles. The summed E-state index contributed by atoms with van der Waals surface area (Å²) in [5.74, 6) is 0. The highest BCUT2D eigenvalue weighted by Crippen LogP contribution is 2.39. The number of alkyl halides is 3. The zero-order valence-corrected chi connectivity index (χ0v) is 7.57. The Morgan fingerprint density at radius 3 is 1.62 bits per heavy atom. The number of hydrogen-bond donors (Lipinski definition) is 0. The first-order valence-corrected chi connectivity index (χ1v) is 3.76. The minimum Gasteiger partial charge on any atom is -0.253 e. The number of nitrogens with zero attached hydrogens (tertiary/aromatic N) is 1. The molecule has 0 aromatic heterocycles. The number of hydrogen-bond acceptors (Lipinski definition) is 2. The summed E-state index contributed by atoms with van der Waals surface area (Å²) in [6.45, 7) is 0. The predicted octanol–water partition coefficient (Wildman–Crippen LogP) is 2.52. The first-order chi connectivity index (χ1) is 3.42. The van der Waals surface area contributed by atoms with Crippen molar-refractivity contribution in [2.24, 2.45) is 0 Å². The van der Waals surface area contributed by atoms with Crippen molar-refractivity contribution >= 4 is 46.8 Å². The van der Waals surface area contributed by atoms with E-state index in [2.05, 4.69) is 0 Å². The van der Waals surface area contributed by atoms with Crippen molar-refractivity contribution in [2.45, 2.75) is 3.12 Å². The zero-order valence-electron chi connectivity index (χ0n) is 4.49. The molecule has 0 saturated carbocycles. The lowest BCUT2D eigenvalue weighted by molar-refractivity contribution is 0.703. The third-order valence-electron chi connectivity index (χ3n) is 0.286. The minimum atomic E-state index is -1.22. The first kappa shape index (κ1) is 9.18. The van der Waals surface area contributed by atoms with E-state index in [1.54, 1.807) is 4.31 Å². The van der Waals surface area contributed by atoms with Gasteiger partial charge in [-0.3, -0.25) is 4.31 Å². The molecule has 0 aromatic rings. The summed E-state index contributed by atoms with van der Waals surface area (Å²) in [7, 11) is 3.62. The van der Waals surface area contributed by atoms with Gasteiger partial charge in [0.05, 0.1) is 0 Å².